The highest BCUT2D eigenvalue weighted by Gasteiger charge is 2.57. The van der Waals surface area contributed by atoms with E-state index in [4.69, 9.17) is 4.74 Å². The van der Waals surface area contributed by atoms with E-state index in [1.807, 2.05) is 0 Å². The lowest BCUT2D eigenvalue weighted by Crippen LogP contribution is -2.37. The Morgan fingerprint density at radius 1 is 1.38 bits per heavy atom. The van der Waals surface area contributed by atoms with Gasteiger partial charge in [-0.1, -0.05) is 6.07 Å². The van der Waals surface area contributed by atoms with Crippen LogP contribution in [0, 0.1) is 11.3 Å². The maximum Gasteiger partial charge on any atom is 0.219 e. The van der Waals surface area contributed by atoms with Crippen molar-refractivity contribution < 1.29 is 9.53 Å². The van der Waals surface area contributed by atoms with E-state index < -0.39 is 0 Å². The van der Waals surface area contributed by atoms with Crippen LogP contribution in [-0.4, -0.2) is 31.0 Å². The molecule has 21 heavy (non-hydrogen) atoms. The number of rotatable bonds is 1. The lowest BCUT2D eigenvalue weighted by molar-refractivity contribution is -0.128. The number of nitrogens with zero attached hydrogens (tertiary/aromatic N) is 1. The van der Waals surface area contributed by atoms with E-state index in [9.17, 15) is 4.79 Å². The Kier molecular flexibility index (Phi) is 2.82. The first-order valence-electron chi connectivity index (χ1n) is 8.06. The van der Waals surface area contributed by atoms with E-state index in [-0.39, 0.29) is 5.91 Å². The van der Waals surface area contributed by atoms with Crippen LogP contribution in [0.2, 0.25) is 0 Å². The zero-order valence-electron chi connectivity index (χ0n) is 12.9. The summed E-state index contributed by atoms with van der Waals surface area (Å²) >= 11 is 0. The summed E-state index contributed by atoms with van der Waals surface area (Å²) in [4.78, 5) is 13.9. The van der Waals surface area contributed by atoms with E-state index >= 15 is 0 Å². The second-order valence-corrected chi connectivity index (χ2v) is 7.02. The van der Waals surface area contributed by atoms with Crippen LogP contribution in [0.5, 0.6) is 5.75 Å². The molecule has 3 atom stereocenters. The fraction of sp³-hybridized carbons (Fsp3) is 0.611. The minimum atomic E-state index is 0.248. The van der Waals surface area contributed by atoms with Crippen LogP contribution in [0.1, 0.15) is 43.2 Å². The molecule has 1 spiro atoms. The quantitative estimate of drug-likeness (QED) is 0.794. The predicted molar refractivity (Wildman–Crippen MR) is 81.5 cm³/mol. The molecule has 1 amide bonds. The number of methoxy groups -OCH3 is 1. The molecule has 1 aliphatic heterocycles. The summed E-state index contributed by atoms with van der Waals surface area (Å²) < 4.78 is 5.37. The first kappa shape index (κ1) is 13.2. The summed E-state index contributed by atoms with van der Waals surface area (Å²) in [6.07, 6.45) is 4.92. The SMILES string of the molecule is COc1ccc2c(c1)CC[C@]13CN(C(C)=O)C[C@H]1CC[C@@H]23. The maximum atomic E-state index is 11.8. The van der Waals surface area contributed by atoms with E-state index in [1.54, 1.807) is 14.0 Å². The third-order valence-corrected chi connectivity index (χ3v) is 6.27. The molecule has 1 aromatic rings. The van der Waals surface area contributed by atoms with Gasteiger partial charge in [0, 0.05) is 20.0 Å². The Morgan fingerprint density at radius 3 is 3.00 bits per heavy atom. The van der Waals surface area contributed by atoms with Crippen LogP contribution < -0.4 is 4.74 Å². The molecule has 112 valence electrons. The van der Waals surface area contributed by atoms with Gasteiger partial charge < -0.3 is 9.64 Å². The molecule has 1 saturated heterocycles. The smallest absolute Gasteiger partial charge is 0.219 e. The molecule has 4 rings (SSSR count). The molecule has 0 unspecified atom stereocenters. The highest BCUT2D eigenvalue weighted by molar-refractivity contribution is 5.73. The van der Waals surface area contributed by atoms with Crippen molar-refractivity contribution in [3.05, 3.63) is 29.3 Å². The molecule has 2 fully saturated rings. The number of hydrogen-bond acceptors (Lipinski definition) is 2. The van der Waals surface area contributed by atoms with Gasteiger partial charge in [-0.15, -0.1) is 0 Å². The van der Waals surface area contributed by atoms with Crippen LogP contribution in [0.4, 0.5) is 0 Å². The van der Waals surface area contributed by atoms with Crippen molar-refractivity contribution in [1.29, 1.82) is 0 Å². The molecule has 3 heteroatoms. The average molecular weight is 285 g/mol. The van der Waals surface area contributed by atoms with Gasteiger partial charge in [0.05, 0.1) is 7.11 Å². The molecule has 1 heterocycles. The van der Waals surface area contributed by atoms with Gasteiger partial charge in [-0.3, -0.25) is 4.79 Å². The van der Waals surface area contributed by atoms with Crippen molar-refractivity contribution in [1.82, 2.24) is 4.90 Å². The second-order valence-electron chi connectivity index (χ2n) is 7.02. The minimum absolute atomic E-state index is 0.248. The molecule has 0 radical (unpaired) electrons. The van der Waals surface area contributed by atoms with Crippen molar-refractivity contribution >= 4 is 5.91 Å². The fourth-order valence-corrected chi connectivity index (χ4v) is 5.22. The highest BCUT2D eigenvalue weighted by atomic mass is 16.5. The van der Waals surface area contributed by atoms with Crippen LogP contribution >= 0.6 is 0 Å². The molecule has 0 bridgehead atoms. The fourth-order valence-electron chi connectivity index (χ4n) is 5.22. The zero-order chi connectivity index (χ0) is 14.6. The Labute approximate surface area is 126 Å². The van der Waals surface area contributed by atoms with Crippen molar-refractivity contribution in [2.24, 2.45) is 11.3 Å². The van der Waals surface area contributed by atoms with Crippen molar-refractivity contribution in [3.63, 3.8) is 0 Å². The lowest BCUT2D eigenvalue weighted by Gasteiger charge is -2.41. The van der Waals surface area contributed by atoms with Crippen molar-refractivity contribution in [2.75, 3.05) is 20.2 Å². The molecule has 1 aromatic carbocycles. The average Bonchev–Trinajstić information content (AvgIpc) is 3.01. The van der Waals surface area contributed by atoms with Gasteiger partial charge in [0.2, 0.25) is 5.91 Å². The number of amides is 1. The van der Waals surface area contributed by atoms with Gasteiger partial charge >= 0.3 is 0 Å². The normalized spacial score (nSPS) is 33.3. The molecule has 3 nitrogen and oxygen atoms in total. The third kappa shape index (κ3) is 1.76. The van der Waals surface area contributed by atoms with E-state index in [1.165, 1.54) is 30.4 Å². The van der Waals surface area contributed by atoms with Crippen LogP contribution in [0.25, 0.3) is 0 Å². The van der Waals surface area contributed by atoms with Gasteiger partial charge in [-0.2, -0.15) is 0 Å². The molecule has 0 N–H and O–H groups in total. The molecule has 2 aliphatic carbocycles. The maximum absolute atomic E-state index is 11.8. The molecule has 1 saturated carbocycles. The summed E-state index contributed by atoms with van der Waals surface area (Å²) in [7, 11) is 1.74. The summed E-state index contributed by atoms with van der Waals surface area (Å²) in [5, 5.41) is 0. The third-order valence-electron chi connectivity index (χ3n) is 6.27. The lowest BCUT2D eigenvalue weighted by atomic mass is 9.63. The number of aryl methyl sites for hydroxylation is 1. The second kappa shape index (κ2) is 4.49. The first-order valence-corrected chi connectivity index (χ1v) is 8.06. The standard InChI is InChI=1S/C18H23NO2/c1-12(20)19-10-14-3-6-17-16-5-4-15(21-2)9-13(16)7-8-18(14,17)11-19/h4-5,9,14,17H,3,6-8,10-11H2,1-2H3/t14-,17+,18+/m1/s1. The van der Waals surface area contributed by atoms with Gasteiger partial charge in [-0.25, -0.2) is 0 Å². The van der Waals surface area contributed by atoms with Gasteiger partial charge in [-0.05, 0) is 66.2 Å². The van der Waals surface area contributed by atoms with E-state index in [0.717, 1.165) is 25.3 Å². The summed E-state index contributed by atoms with van der Waals surface area (Å²) in [5.41, 5.74) is 3.34. The molecular formula is C18H23NO2. The largest absolute Gasteiger partial charge is 0.497 e. The van der Waals surface area contributed by atoms with Crippen LogP contribution in [-0.2, 0) is 11.2 Å². The van der Waals surface area contributed by atoms with E-state index in [0.29, 0.717) is 17.3 Å². The molecule has 0 aromatic heterocycles. The first-order chi connectivity index (χ1) is 10.1. The van der Waals surface area contributed by atoms with Gasteiger partial charge in [0.15, 0.2) is 0 Å². The molecule has 3 aliphatic rings. The monoisotopic (exact) mass is 285 g/mol. The number of hydrogen-bond donors (Lipinski definition) is 0. The van der Waals surface area contributed by atoms with Gasteiger partial charge in [0.1, 0.15) is 5.75 Å². The number of likely N-dealkylation sites (tertiary alicyclic amines) is 1. The molecular weight excluding hydrogens is 262 g/mol. The zero-order valence-corrected chi connectivity index (χ0v) is 12.9. The number of ether oxygens (including phenoxy) is 1. The Morgan fingerprint density at radius 2 is 2.24 bits per heavy atom. The number of benzene rings is 1. The van der Waals surface area contributed by atoms with Crippen LogP contribution in [0.3, 0.4) is 0 Å². The van der Waals surface area contributed by atoms with Crippen LogP contribution in [0.15, 0.2) is 18.2 Å². The minimum Gasteiger partial charge on any atom is -0.497 e. The number of carbonyl (C=O) groups excluding carboxylic acids is 1. The number of fused-ring (bicyclic) bond motifs is 2. The predicted octanol–water partition coefficient (Wildman–Crippen LogP) is 2.98. The van der Waals surface area contributed by atoms with E-state index in [2.05, 4.69) is 23.1 Å². The van der Waals surface area contributed by atoms with Crippen molar-refractivity contribution in [2.45, 2.75) is 38.5 Å². The summed E-state index contributed by atoms with van der Waals surface area (Å²) in [6, 6.07) is 6.59. The Hall–Kier alpha value is -1.51. The Balaban J connectivity index is 1.72. The number of carbonyl (C=O) groups is 1. The highest BCUT2D eigenvalue weighted by Crippen LogP contribution is 2.61. The summed E-state index contributed by atoms with van der Waals surface area (Å²) in [6.45, 7) is 3.68. The van der Waals surface area contributed by atoms with Crippen molar-refractivity contribution in [3.8, 4) is 5.75 Å². The Bertz CT molecular complexity index is 597. The topological polar surface area (TPSA) is 29.5 Å². The summed E-state index contributed by atoms with van der Waals surface area (Å²) in [5.74, 6) is 2.57. The van der Waals surface area contributed by atoms with Gasteiger partial charge in [0.25, 0.3) is 0 Å².